The Labute approximate surface area is 122 Å². The van der Waals surface area contributed by atoms with Gasteiger partial charge in [-0.25, -0.2) is 0 Å². The lowest BCUT2D eigenvalue weighted by Gasteiger charge is -2.24. The number of halogens is 3. The average molecular weight is 309 g/mol. The fourth-order valence-corrected chi connectivity index (χ4v) is 2.22. The van der Waals surface area contributed by atoms with Crippen LogP contribution < -0.4 is 10.6 Å². The molecule has 8 heteroatoms. The van der Waals surface area contributed by atoms with Crippen LogP contribution >= 0.6 is 0 Å². The molecular formula is C13H22F3N3O2. The molecule has 1 atom stereocenters. The summed E-state index contributed by atoms with van der Waals surface area (Å²) < 4.78 is 35.8. The molecule has 1 fully saturated rings. The maximum atomic E-state index is 11.9. The van der Waals surface area contributed by atoms with E-state index in [1.807, 2.05) is 0 Å². The van der Waals surface area contributed by atoms with E-state index in [1.54, 1.807) is 5.32 Å². The number of carbonyl (C=O) groups excluding carboxylic acids is 2. The molecule has 0 radical (unpaired) electrons. The average Bonchev–Trinajstić information content (AvgIpc) is 2.43. The summed E-state index contributed by atoms with van der Waals surface area (Å²) in [7, 11) is 1.42. The van der Waals surface area contributed by atoms with Gasteiger partial charge in [0.15, 0.2) is 0 Å². The fourth-order valence-electron chi connectivity index (χ4n) is 2.22. The van der Waals surface area contributed by atoms with Gasteiger partial charge in [-0.05, 0) is 25.8 Å². The number of rotatable bonds is 6. The van der Waals surface area contributed by atoms with Crippen LogP contribution in [0.4, 0.5) is 13.2 Å². The van der Waals surface area contributed by atoms with Crippen LogP contribution in [0.25, 0.3) is 0 Å². The third-order valence-corrected chi connectivity index (χ3v) is 3.41. The van der Waals surface area contributed by atoms with Gasteiger partial charge in [0.1, 0.15) is 6.54 Å². The molecule has 2 N–H and O–H groups in total. The molecule has 0 aromatic rings. The van der Waals surface area contributed by atoms with Crippen LogP contribution in [0.3, 0.4) is 0 Å². The number of nitrogens with zero attached hydrogens (tertiary/aromatic N) is 1. The Morgan fingerprint density at radius 1 is 1.33 bits per heavy atom. The van der Waals surface area contributed by atoms with Crippen LogP contribution in [0.15, 0.2) is 0 Å². The predicted molar refractivity (Wildman–Crippen MR) is 71.6 cm³/mol. The SMILES string of the molecule is CN(CC(=O)NCC(F)(F)F)C(=O)CCC1CCCCN1. The number of hydrogen-bond acceptors (Lipinski definition) is 3. The number of hydrogen-bond donors (Lipinski definition) is 2. The minimum atomic E-state index is -4.44. The summed E-state index contributed by atoms with van der Waals surface area (Å²) in [5.41, 5.74) is 0. The monoisotopic (exact) mass is 309 g/mol. The summed E-state index contributed by atoms with van der Waals surface area (Å²) in [4.78, 5) is 24.3. The van der Waals surface area contributed by atoms with Gasteiger partial charge < -0.3 is 15.5 Å². The highest BCUT2D eigenvalue weighted by atomic mass is 19.4. The minimum Gasteiger partial charge on any atom is -0.345 e. The van der Waals surface area contributed by atoms with Gasteiger partial charge in [0.2, 0.25) is 11.8 Å². The molecule has 2 amide bonds. The van der Waals surface area contributed by atoms with Crippen molar-refractivity contribution >= 4 is 11.8 Å². The van der Waals surface area contributed by atoms with Gasteiger partial charge >= 0.3 is 6.18 Å². The Hall–Kier alpha value is -1.31. The smallest absolute Gasteiger partial charge is 0.345 e. The standard InChI is InChI=1S/C13H22F3N3O2/c1-19(8-11(20)18-9-13(14,15)16)12(21)6-5-10-4-2-3-7-17-10/h10,17H,2-9H2,1H3,(H,18,20). The molecule has 0 bridgehead atoms. The van der Waals surface area contributed by atoms with Crippen molar-refractivity contribution in [1.82, 2.24) is 15.5 Å². The van der Waals surface area contributed by atoms with Crippen molar-refractivity contribution in [1.29, 1.82) is 0 Å². The zero-order valence-corrected chi connectivity index (χ0v) is 12.1. The number of alkyl halides is 3. The molecule has 1 aliphatic rings. The Balaban J connectivity index is 2.22. The lowest BCUT2D eigenvalue weighted by molar-refractivity contribution is -0.141. The van der Waals surface area contributed by atoms with Crippen molar-refractivity contribution in [2.75, 3.05) is 26.7 Å². The summed E-state index contributed by atoms with van der Waals surface area (Å²) in [6.07, 6.45) is -0.146. The molecule has 1 unspecified atom stereocenters. The van der Waals surface area contributed by atoms with Crippen molar-refractivity contribution in [2.24, 2.45) is 0 Å². The van der Waals surface area contributed by atoms with E-state index in [9.17, 15) is 22.8 Å². The van der Waals surface area contributed by atoms with Crippen molar-refractivity contribution in [3.63, 3.8) is 0 Å². The zero-order chi connectivity index (χ0) is 15.9. The lowest BCUT2D eigenvalue weighted by Crippen LogP contribution is -2.42. The number of likely N-dealkylation sites (N-methyl/N-ethyl adjacent to an activating group) is 1. The third kappa shape index (κ3) is 7.89. The van der Waals surface area contributed by atoms with Gasteiger partial charge in [-0.3, -0.25) is 9.59 Å². The van der Waals surface area contributed by atoms with Crippen LogP contribution in [-0.4, -0.2) is 55.6 Å². The Kier molecular flexibility index (Phi) is 6.94. The number of piperidine rings is 1. The summed E-state index contributed by atoms with van der Waals surface area (Å²) >= 11 is 0. The van der Waals surface area contributed by atoms with E-state index in [0.717, 1.165) is 30.7 Å². The second kappa shape index (κ2) is 8.21. The quantitative estimate of drug-likeness (QED) is 0.771. The molecule has 1 saturated heterocycles. The van der Waals surface area contributed by atoms with E-state index in [1.165, 1.54) is 7.05 Å². The number of nitrogens with one attached hydrogen (secondary N) is 2. The van der Waals surface area contributed by atoms with Crippen molar-refractivity contribution < 1.29 is 22.8 Å². The molecule has 0 aromatic heterocycles. The summed E-state index contributed by atoms with van der Waals surface area (Å²) in [5, 5.41) is 5.06. The summed E-state index contributed by atoms with van der Waals surface area (Å²) in [6.45, 7) is -0.776. The molecule has 0 aromatic carbocycles. The van der Waals surface area contributed by atoms with E-state index >= 15 is 0 Å². The van der Waals surface area contributed by atoms with Gasteiger partial charge in [0, 0.05) is 19.5 Å². The first-order valence-corrected chi connectivity index (χ1v) is 7.09. The van der Waals surface area contributed by atoms with Gasteiger partial charge in [0.25, 0.3) is 0 Å². The van der Waals surface area contributed by atoms with Crippen LogP contribution in [0.5, 0.6) is 0 Å². The molecule has 0 spiro atoms. The van der Waals surface area contributed by atoms with Crippen LogP contribution in [-0.2, 0) is 9.59 Å². The predicted octanol–water partition coefficient (Wildman–Crippen LogP) is 1.05. The molecule has 0 aliphatic carbocycles. The van der Waals surface area contributed by atoms with Gasteiger partial charge in [-0.1, -0.05) is 6.42 Å². The normalized spacial score (nSPS) is 19.1. The van der Waals surface area contributed by atoms with Crippen LogP contribution in [0.1, 0.15) is 32.1 Å². The molecule has 5 nitrogen and oxygen atoms in total. The molecule has 1 rings (SSSR count). The first-order chi connectivity index (χ1) is 9.78. The van der Waals surface area contributed by atoms with Crippen LogP contribution in [0.2, 0.25) is 0 Å². The van der Waals surface area contributed by atoms with Crippen molar-refractivity contribution in [2.45, 2.75) is 44.3 Å². The van der Waals surface area contributed by atoms with Crippen LogP contribution in [0, 0.1) is 0 Å². The van der Waals surface area contributed by atoms with E-state index in [0.29, 0.717) is 18.9 Å². The van der Waals surface area contributed by atoms with Gasteiger partial charge in [0.05, 0.1) is 6.54 Å². The molecular weight excluding hydrogens is 287 g/mol. The Bertz CT molecular complexity index is 355. The summed E-state index contributed by atoms with van der Waals surface area (Å²) in [6, 6.07) is 0.315. The lowest BCUT2D eigenvalue weighted by atomic mass is 10.0. The number of amides is 2. The second-order valence-electron chi connectivity index (χ2n) is 5.33. The Morgan fingerprint density at radius 2 is 2.05 bits per heavy atom. The highest BCUT2D eigenvalue weighted by molar-refractivity contribution is 5.84. The zero-order valence-electron chi connectivity index (χ0n) is 12.1. The molecule has 122 valence electrons. The molecule has 1 aliphatic heterocycles. The van der Waals surface area contributed by atoms with E-state index < -0.39 is 18.6 Å². The van der Waals surface area contributed by atoms with E-state index in [2.05, 4.69) is 5.32 Å². The van der Waals surface area contributed by atoms with Gasteiger partial charge in [-0.2, -0.15) is 13.2 Å². The highest BCUT2D eigenvalue weighted by Gasteiger charge is 2.28. The summed E-state index contributed by atoms with van der Waals surface area (Å²) in [5.74, 6) is -1.04. The van der Waals surface area contributed by atoms with E-state index in [-0.39, 0.29) is 12.5 Å². The number of carbonyl (C=O) groups is 2. The largest absolute Gasteiger partial charge is 0.405 e. The first-order valence-electron chi connectivity index (χ1n) is 7.09. The fraction of sp³-hybridized carbons (Fsp3) is 0.846. The topological polar surface area (TPSA) is 61.4 Å². The first kappa shape index (κ1) is 17.7. The van der Waals surface area contributed by atoms with E-state index in [4.69, 9.17) is 0 Å². The maximum absolute atomic E-state index is 11.9. The molecule has 0 saturated carbocycles. The van der Waals surface area contributed by atoms with Crippen molar-refractivity contribution in [3.8, 4) is 0 Å². The van der Waals surface area contributed by atoms with Gasteiger partial charge in [-0.15, -0.1) is 0 Å². The van der Waals surface area contributed by atoms with Crippen molar-refractivity contribution in [3.05, 3.63) is 0 Å². The molecule has 21 heavy (non-hydrogen) atoms. The maximum Gasteiger partial charge on any atom is 0.405 e. The molecule has 1 heterocycles. The Morgan fingerprint density at radius 3 is 2.62 bits per heavy atom. The third-order valence-electron chi connectivity index (χ3n) is 3.41. The minimum absolute atomic E-state index is 0.232. The highest BCUT2D eigenvalue weighted by Crippen LogP contribution is 2.13. The second-order valence-corrected chi connectivity index (χ2v) is 5.33.